The molecular weight excluding hydrogens is 264 g/mol. The Bertz CT molecular complexity index is 527. The lowest BCUT2D eigenvalue weighted by molar-refractivity contribution is -0.132. The molecule has 1 aromatic rings. The highest BCUT2D eigenvalue weighted by Crippen LogP contribution is 2.40. The number of rotatable bonds is 6. The Labute approximate surface area is 126 Å². The molecule has 1 aliphatic rings. The number of nitrogens with one attached hydrogen (secondary N) is 1. The molecule has 0 aromatic heterocycles. The molecule has 0 radical (unpaired) electrons. The topological polar surface area (TPSA) is 49.4 Å². The minimum Gasteiger partial charge on any atom is -0.346 e. The van der Waals surface area contributed by atoms with Crippen molar-refractivity contribution >= 4 is 17.5 Å². The van der Waals surface area contributed by atoms with Gasteiger partial charge in [0.25, 0.3) is 0 Å². The van der Waals surface area contributed by atoms with Crippen LogP contribution in [-0.2, 0) is 9.59 Å². The molecule has 1 aromatic carbocycles. The van der Waals surface area contributed by atoms with E-state index in [0.29, 0.717) is 6.42 Å². The van der Waals surface area contributed by atoms with Crippen LogP contribution in [0.4, 0.5) is 5.69 Å². The zero-order valence-electron chi connectivity index (χ0n) is 13.1. The quantitative estimate of drug-likeness (QED) is 0.875. The third-order valence-electron chi connectivity index (χ3n) is 3.95. The van der Waals surface area contributed by atoms with Gasteiger partial charge in [0.1, 0.15) is 0 Å². The maximum Gasteiger partial charge on any atom is 0.228 e. The maximum absolute atomic E-state index is 12.2. The monoisotopic (exact) mass is 288 g/mol. The van der Waals surface area contributed by atoms with Gasteiger partial charge in [-0.25, -0.2) is 0 Å². The molecule has 1 N–H and O–H groups in total. The van der Waals surface area contributed by atoms with Crippen LogP contribution < -0.4 is 5.32 Å². The summed E-state index contributed by atoms with van der Waals surface area (Å²) in [5.74, 6) is -0.227. The van der Waals surface area contributed by atoms with Gasteiger partial charge in [-0.05, 0) is 37.5 Å². The molecule has 1 aliphatic carbocycles. The van der Waals surface area contributed by atoms with Gasteiger partial charge in [-0.1, -0.05) is 25.5 Å². The van der Waals surface area contributed by atoms with Crippen LogP contribution in [0.15, 0.2) is 24.3 Å². The summed E-state index contributed by atoms with van der Waals surface area (Å²) in [6.45, 7) is 4.87. The van der Waals surface area contributed by atoms with E-state index in [4.69, 9.17) is 0 Å². The SMILES string of the molecule is CCCCN(C)C(=O)C1CC1C(=O)Nc1cccc(C)c1. The minimum atomic E-state index is -0.165. The second-order valence-corrected chi connectivity index (χ2v) is 5.92. The van der Waals surface area contributed by atoms with Gasteiger partial charge in [0.15, 0.2) is 0 Å². The standard InChI is InChI=1S/C17H24N2O2/c1-4-5-9-19(3)17(21)15-11-14(15)16(20)18-13-8-6-7-12(2)10-13/h6-8,10,14-15H,4-5,9,11H2,1-3H3,(H,18,20). The summed E-state index contributed by atoms with van der Waals surface area (Å²) < 4.78 is 0. The molecule has 114 valence electrons. The molecule has 0 aliphatic heterocycles. The molecule has 0 heterocycles. The summed E-state index contributed by atoms with van der Waals surface area (Å²) in [6.07, 6.45) is 2.75. The van der Waals surface area contributed by atoms with Crippen LogP contribution in [0.1, 0.15) is 31.7 Å². The van der Waals surface area contributed by atoms with Crippen molar-refractivity contribution in [3.63, 3.8) is 0 Å². The van der Waals surface area contributed by atoms with Crippen molar-refractivity contribution in [3.05, 3.63) is 29.8 Å². The number of aryl methyl sites for hydroxylation is 1. The van der Waals surface area contributed by atoms with Crippen molar-refractivity contribution in [2.75, 3.05) is 18.9 Å². The van der Waals surface area contributed by atoms with Gasteiger partial charge in [-0.2, -0.15) is 0 Å². The molecule has 1 saturated carbocycles. The first-order valence-electron chi connectivity index (χ1n) is 7.65. The van der Waals surface area contributed by atoms with Crippen LogP contribution in [0.5, 0.6) is 0 Å². The Balaban J connectivity index is 1.85. The molecule has 4 heteroatoms. The molecule has 21 heavy (non-hydrogen) atoms. The zero-order chi connectivity index (χ0) is 15.4. The third kappa shape index (κ3) is 4.06. The van der Waals surface area contributed by atoms with Crippen LogP contribution in [-0.4, -0.2) is 30.3 Å². The predicted octanol–water partition coefficient (Wildman–Crippen LogP) is 2.83. The summed E-state index contributed by atoms with van der Waals surface area (Å²) in [6, 6.07) is 7.71. The van der Waals surface area contributed by atoms with Crippen molar-refractivity contribution in [3.8, 4) is 0 Å². The van der Waals surface area contributed by atoms with E-state index in [-0.39, 0.29) is 23.7 Å². The molecule has 2 amide bonds. The average molecular weight is 288 g/mol. The van der Waals surface area contributed by atoms with Crippen molar-refractivity contribution in [2.45, 2.75) is 33.1 Å². The van der Waals surface area contributed by atoms with E-state index in [1.54, 1.807) is 4.90 Å². The summed E-state index contributed by atoms with van der Waals surface area (Å²) in [5, 5.41) is 2.90. The fourth-order valence-corrected chi connectivity index (χ4v) is 2.50. The molecule has 0 bridgehead atoms. The second-order valence-electron chi connectivity index (χ2n) is 5.92. The van der Waals surface area contributed by atoms with Crippen molar-refractivity contribution in [1.29, 1.82) is 0 Å². The summed E-state index contributed by atoms with van der Waals surface area (Å²) in [5.41, 5.74) is 1.91. The van der Waals surface area contributed by atoms with Gasteiger partial charge in [-0.15, -0.1) is 0 Å². The Morgan fingerprint density at radius 2 is 2.10 bits per heavy atom. The van der Waals surface area contributed by atoms with Crippen molar-refractivity contribution in [1.82, 2.24) is 4.90 Å². The second kappa shape index (κ2) is 6.74. The Kier molecular flexibility index (Phi) is 4.99. The zero-order valence-corrected chi connectivity index (χ0v) is 13.1. The Morgan fingerprint density at radius 1 is 1.33 bits per heavy atom. The van der Waals surface area contributed by atoms with Gasteiger partial charge in [0.2, 0.25) is 11.8 Å². The minimum absolute atomic E-state index is 0.0390. The Hall–Kier alpha value is -1.84. The lowest BCUT2D eigenvalue weighted by Crippen LogP contribution is -2.30. The van der Waals surface area contributed by atoms with Crippen LogP contribution in [0.3, 0.4) is 0 Å². The van der Waals surface area contributed by atoms with E-state index in [9.17, 15) is 9.59 Å². The summed E-state index contributed by atoms with van der Waals surface area (Å²) >= 11 is 0. The highest BCUT2D eigenvalue weighted by atomic mass is 16.2. The fraction of sp³-hybridized carbons (Fsp3) is 0.529. The number of benzene rings is 1. The molecule has 2 rings (SSSR count). The first-order valence-corrected chi connectivity index (χ1v) is 7.65. The highest BCUT2D eigenvalue weighted by Gasteiger charge is 2.48. The van der Waals surface area contributed by atoms with E-state index >= 15 is 0 Å². The average Bonchev–Trinajstić information content (AvgIpc) is 3.24. The predicted molar refractivity (Wildman–Crippen MR) is 84.0 cm³/mol. The summed E-state index contributed by atoms with van der Waals surface area (Å²) in [4.78, 5) is 26.1. The number of amides is 2. The lowest BCUT2D eigenvalue weighted by Gasteiger charge is -2.16. The van der Waals surface area contributed by atoms with E-state index < -0.39 is 0 Å². The van der Waals surface area contributed by atoms with Crippen LogP contribution >= 0.6 is 0 Å². The fourth-order valence-electron chi connectivity index (χ4n) is 2.50. The number of anilines is 1. The summed E-state index contributed by atoms with van der Waals surface area (Å²) in [7, 11) is 1.83. The first-order chi connectivity index (χ1) is 10.0. The van der Waals surface area contributed by atoms with Crippen molar-refractivity contribution < 1.29 is 9.59 Å². The number of carbonyl (C=O) groups is 2. The van der Waals surface area contributed by atoms with Crippen LogP contribution in [0.2, 0.25) is 0 Å². The first kappa shape index (κ1) is 15.5. The number of carbonyl (C=O) groups excluding carboxylic acids is 2. The van der Waals surface area contributed by atoms with E-state index in [1.807, 2.05) is 38.2 Å². The van der Waals surface area contributed by atoms with Gasteiger partial charge in [0, 0.05) is 19.3 Å². The van der Waals surface area contributed by atoms with Crippen LogP contribution in [0, 0.1) is 18.8 Å². The molecule has 1 fully saturated rings. The molecular formula is C17H24N2O2. The van der Waals surface area contributed by atoms with Gasteiger partial charge < -0.3 is 10.2 Å². The third-order valence-corrected chi connectivity index (χ3v) is 3.95. The lowest BCUT2D eigenvalue weighted by atomic mass is 10.2. The highest BCUT2D eigenvalue weighted by molar-refractivity contribution is 5.99. The van der Waals surface area contributed by atoms with Gasteiger partial charge in [-0.3, -0.25) is 9.59 Å². The van der Waals surface area contributed by atoms with E-state index in [2.05, 4.69) is 12.2 Å². The molecule has 0 spiro atoms. The smallest absolute Gasteiger partial charge is 0.228 e. The van der Waals surface area contributed by atoms with Gasteiger partial charge >= 0.3 is 0 Å². The van der Waals surface area contributed by atoms with Crippen molar-refractivity contribution in [2.24, 2.45) is 11.8 Å². The molecule has 0 saturated heterocycles. The molecule has 2 atom stereocenters. The van der Waals surface area contributed by atoms with Gasteiger partial charge in [0.05, 0.1) is 11.8 Å². The van der Waals surface area contributed by atoms with E-state index in [0.717, 1.165) is 30.6 Å². The number of nitrogens with zero attached hydrogens (tertiary/aromatic N) is 1. The number of unbranched alkanes of at least 4 members (excludes halogenated alkanes) is 1. The largest absolute Gasteiger partial charge is 0.346 e. The maximum atomic E-state index is 12.2. The number of hydrogen-bond donors (Lipinski definition) is 1. The number of hydrogen-bond acceptors (Lipinski definition) is 2. The van der Waals surface area contributed by atoms with Crippen LogP contribution in [0.25, 0.3) is 0 Å². The normalized spacial score (nSPS) is 20.0. The van der Waals surface area contributed by atoms with E-state index in [1.165, 1.54) is 0 Å². The molecule has 4 nitrogen and oxygen atoms in total. The Morgan fingerprint density at radius 3 is 2.76 bits per heavy atom. The molecule has 2 unspecified atom stereocenters.